The van der Waals surface area contributed by atoms with E-state index in [1.807, 2.05) is 44.2 Å². The molecule has 0 aliphatic heterocycles. The van der Waals surface area contributed by atoms with Crippen molar-refractivity contribution in [3.05, 3.63) is 48.2 Å². The first kappa shape index (κ1) is 17.8. The third-order valence-corrected chi connectivity index (χ3v) is 3.44. The number of carbonyl (C=O) groups is 1. The lowest BCUT2D eigenvalue weighted by atomic mass is 9.86. The van der Waals surface area contributed by atoms with Gasteiger partial charge in [0.15, 0.2) is 0 Å². The third-order valence-electron chi connectivity index (χ3n) is 3.44. The number of nitrogens with one attached hydrogen (secondary N) is 3. The number of carbonyl (C=O) groups excluding carboxylic acids is 1. The molecule has 128 valence electrons. The highest BCUT2D eigenvalue weighted by Gasteiger charge is 2.17. The zero-order valence-corrected chi connectivity index (χ0v) is 15.0. The van der Waals surface area contributed by atoms with Crippen LogP contribution in [0.5, 0.6) is 0 Å². The molecule has 0 saturated heterocycles. The van der Waals surface area contributed by atoms with Gasteiger partial charge in [-0.2, -0.15) is 0 Å². The first-order valence-electron chi connectivity index (χ1n) is 8.16. The van der Waals surface area contributed by atoms with E-state index >= 15 is 0 Å². The molecule has 1 aromatic heterocycles. The number of urea groups is 1. The molecule has 2 aromatic rings. The van der Waals surface area contributed by atoms with E-state index in [4.69, 9.17) is 0 Å². The van der Waals surface area contributed by atoms with Crippen LogP contribution in [0.4, 0.5) is 22.0 Å². The van der Waals surface area contributed by atoms with Gasteiger partial charge in [-0.15, -0.1) is 0 Å². The van der Waals surface area contributed by atoms with E-state index in [1.165, 1.54) is 5.56 Å². The normalized spacial score (nSPS) is 11.2. The Morgan fingerprint density at radius 1 is 1.08 bits per heavy atom. The van der Waals surface area contributed by atoms with Gasteiger partial charge in [-0.05, 0) is 43.0 Å². The average Bonchev–Trinajstić information content (AvgIpc) is 2.48. The third kappa shape index (κ3) is 4.98. The molecular weight excluding hydrogens is 300 g/mol. The van der Waals surface area contributed by atoms with Crippen molar-refractivity contribution in [3.8, 4) is 0 Å². The fraction of sp³-hybridized carbons (Fsp3) is 0.368. The SMILES string of the molecule is CC(C)NC(=O)Nc1ccc(Nc2ccccc2C(C)(C)C)nc1. The molecule has 0 bridgehead atoms. The van der Waals surface area contributed by atoms with E-state index < -0.39 is 0 Å². The lowest BCUT2D eigenvalue weighted by Gasteiger charge is -2.23. The molecule has 1 aromatic carbocycles. The van der Waals surface area contributed by atoms with Gasteiger partial charge < -0.3 is 16.0 Å². The number of hydrogen-bond donors (Lipinski definition) is 3. The molecule has 0 aliphatic rings. The lowest BCUT2D eigenvalue weighted by molar-refractivity contribution is 0.250. The minimum absolute atomic E-state index is 0.0417. The molecule has 5 nitrogen and oxygen atoms in total. The molecule has 0 aliphatic carbocycles. The van der Waals surface area contributed by atoms with E-state index in [-0.39, 0.29) is 17.5 Å². The average molecular weight is 326 g/mol. The second-order valence-electron chi connectivity index (χ2n) is 7.11. The standard InChI is InChI=1S/C19H26N4O/c1-13(2)21-18(24)22-14-10-11-17(20-12-14)23-16-9-7-6-8-15(16)19(3,4)5/h6-13H,1-5H3,(H,20,23)(H2,21,22,24). The van der Waals surface area contributed by atoms with E-state index in [0.29, 0.717) is 5.69 Å². The Morgan fingerprint density at radius 3 is 2.38 bits per heavy atom. The molecule has 0 unspecified atom stereocenters. The van der Waals surface area contributed by atoms with Crippen molar-refractivity contribution in [1.29, 1.82) is 0 Å². The molecule has 0 radical (unpaired) electrons. The van der Waals surface area contributed by atoms with Gasteiger partial charge in [-0.3, -0.25) is 0 Å². The number of nitrogens with zero attached hydrogens (tertiary/aromatic N) is 1. The summed E-state index contributed by atoms with van der Waals surface area (Å²) < 4.78 is 0. The second-order valence-corrected chi connectivity index (χ2v) is 7.11. The summed E-state index contributed by atoms with van der Waals surface area (Å²) in [6.45, 7) is 10.4. The Kier molecular flexibility index (Phi) is 5.44. The summed E-state index contributed by atoms with van der Waals surface area (Å²) in [7, 11) is 0. The minimum Gasteiger partial charge on any atom is -0.340 e. The van der Waals surface area contributed by atoms with Gasteiger partial charge >= 0.3 is 6.03 Å². The summed E-state index contributed by atoms with van der Waals surface area (Å²) >= 11 is 0. The van der Waals surface area contributed by atoms with Crippen LogP contribution in [0, 0.1) is 0 Å². The smallest absolute Gasteiger partial charge is 0.319 e. The highest BCUT2D eigenvalue weighted by molar-refractivity contribution is 5.89. The lowest BCUT2D eigenvalue weighted by Crippen LogP contribution is -2.34. The number of para-hydroxylation sites is 1. The largest absolute Gasteiger partial charge is 0.340 e. The molecular formula is C19H26N4O. The van der Waals surface area contributed by atoms with Crippen LogP contribution in [0.25, 0.3) is 0 Å². The van der Waals surface area contributed by atoms with Crippen LogP contribution >= 0.6 is 0 Å². The Bertz CT molecular complexity index is 687. The number of pyridine rings is 1. The maximum Gasteiger partial charge on any atom is 0.319 e. The predicted octanol–water partition coefficient (Wildman–Crippen LogP) is 4.65. The van der Waals surface area contributed by atoms with Crippen LogP contribution in [-0.4, -0.2) is 17.1 Å². The topological polar surface area (TPSA) is 66.1 Å². The minimum atomic E-state index is -0.231. The summed E-state index contributed by atoms with van der Waals surface area (Å²) in [5.74, 6) is 0.738. The van der Waals surface area contributed by atoms with Gasteiger partial charge in [0, 0.05) is 11.7 Å². The van der Waals surface area contributed by atoms with Crippen LogP contribution in [0.15, 0.2) is 42.6 Å². The second kappa shape index (κ2) is 7.34. The molecule has 3 N–H and O–H groups in total. The summed E-state index contributed by atoms with van der Waals surface area (Å²) in [5, 5.41) is 8.89. The van der Waals surface area contributed by atoms with Gasteiger partial charge in [-0.25, -0.2) is 9.78 Å². The highest BCUT2D eigenvalue weighted by atomic mass is 16.2. The molecule has 2 rings (SSSR count). The number of rotatable bonds is 4. The number of hydrogen-bond acceptors (Lipinski definition) is 3. The molecule has 24 heavy (non-hydrogen) atoms. The maximum absolute atomic E-state index is 11.7. The van der Waals surface area contributed by atoms with Gasteiger partial charge in [-0.1, -0.05) is 39.0 Å². The molecule has 0 spiro atoms. The summed E-state index contributed by atoms with van der Waals surface area (Å²) in [4.78, 5) is 16.1. The number of anilines is 3. The van der Waals surface area contributed by atoms with Crippen molar-refractivity contribution < 1.29 is 4.79 Å². The van der Waals surface area contributed by atoms with Crippen molar-refractivity contribution in [1.82, 2.24) is 10.3 Å². The summed E-state index contributed by atoms with van der Waals surface area (Å²) in [6.07, 6.45) is 1.64. The first-order chi connectivity index (χ1) is 11.3. The Morgan fingerprint density at radius 2 is 1.79 bits per heavy atom. The summed E-state index contributed by atoms with van der Waals surface area (Å²) in [5.41, 5.74) is 2.96. The maximum atomic E-state index is 11.7. The van der Waals surface area contributed by atoms with Gasteiger partial charge in [0.1, 0.15) is 5.82 Å². The van der Waals surface area contributed by atoms with Crippen LogP contribution < -0.4 is 16.0 Å². The van der Waals surface area contributed by atoms with Gasteiger partial charge in [0.05, 0.1) is 11.9 Å². The molecule has 1 heterocycles. The van der Waals surface area contributed by atoms with E-state index in [2.05, 4.69) is 47.8 Å². The monoisotopic (exact) mass is 326 g/mol. The highest BCUT2D eigenvalue weighted by Crippen LogP contribution is 2.30. The zero-order valence-electron chi connectivity index (χ0n) is 15.0. The van der Waals surface area contributed by atoms with Crippen molar-refractivity contribution in [2.45, 2.75) is 46.1 Å². The van der Waals surface area contributed by atoms with Gasteiger partial charge in [0.25, 0.3) is 0 Å². The first-order valence-corrected chi connectivity index (χ1v) is 8.16. The van der Waals surface area contributed by atoms with Crippen LogP contribution in [-0.2, 0) is 5.41 Å². The van der Waals surface area contributed by atoms with Crippen molar-refractivity contribution in [2.75, 3.05) is 10.6 Å². The van der Waals surface area contributed by atoms with E-state index in [9.17, 15) is 4.79 Å². The Balaban J connectivity index is 2.09. The number of benzene rings is 1. The van der Waals surface area contributed by atoms with Crippen molar-refractivity contribution in [3.63, 3.8) is 0 Å². The molecule has 0 fully saturated rings. The van der Waals surface area contributed by atoms with Crippen LogP contribution in [0.2, 0.25) is 0 Å². The zero-order chi connectivity index (χ0) is 17.7. The van der Waals surface area contributed by atoms with E-state index in [0.717, 1.165) is 11.5 Å². The van der Waals surface area contributed by atoms with E-state index in [1.54, 1.807) is 6.20 Å². The van der Waals surface area contributed by atoms with Crippen molar-refractivity contribution >= 4 is 23.2 Å². The Labute approximate surface area is 143 Å². The molecule has 5 heteroatoms. The quantitative estimate of drug-likeness (QED) is 0.766. The molecule has 0 saturated carbocycles. The molecule has 2 amide bonds. The van der Waals surface area contributed by atoms with Gasteiger partial charge in [0.2, 0.25) is 0 Å². The molecule has 0 atom stereocenters. The Hall–Kier alpha value is -2.56. The predicted molar refractivity (Wildman–Crippen MR) is 100.0 cm³/mol. The fourth-order valence-electron chi connectivity index (χ4n) is 2.36. The van der Waals surface area contributed by atoms with Crippen LogP contribution in [0.1, 0.15) is 40.2 Å². The fourth-order valence-corrected chi connectivity index (χ4v) is 2.36. The number of aromatic nitrogens is 1. The summed E-state index contributed by atoms with van der Waals surface area (Å²) in [6, 6.07) is 11.8. The van der Waals surface area contributed by atoms with Crippen LogP contribution in [0.3, 0.4) is 0 Å². The van der Waals surface area contributed by atoms with Crippen molar-refractivity contribution in [2.24, 2.45) is 0 Å². The number of amides is 2.